The van der Waals surface area contributed by atoms with E-state index in [1.165, 1.54) is 7.05 Å². The predicted octanol–water partition coefficient (Wildman–Crippen LogP) is 2.22. The molecule has 0 fully saturated rings. The summed E-state index contributed by atoms with van der Waals surface area (Å²) in [5, 5.41) is 0. The summed E-state index contributed by atoms with van der Waals surface area (Å²) in [5.74, 6) is -1.76. The third kappa shape index (κ3) is 3.62. The van der Waals surface area contributed by atoms with Crippen LogP contribution in [0.15, 0.2) is 47.6 Å². The van der Waals surface area contributed by atoms with E-state index >= 15 is 0 Å². The normalized spacial score (nSPS) is 11.8. The van der Waals surface area contributed by atoms with Crippen molar-refractivity contribution in [3.63, 3.8) is 0 Å². The molecule has 1 aromatic carbocycles. The first-order valence-corrected chi connectivity index (χ1v) is 7.65. The number of likely N-dealkylation sites (N-methyl/N-ethyl adjacent to an activating group) is 1. The SMILES string of the molecule is CN(CCc1ccncc1)S(=O)(=O)c1cc(F)ccc1F. The summed E-state index contributed by atoms with van der Waals surface area (Å²) < 4.78 is 52.2. The highest BCUT2D eigenvalue weighted by molar-refractivity contribution is 7.89. The van der Waals surface area contributed by atoms with Crippen LogP contribution in [0.4, 0.5) is 8.78 Å². The van der Waals surface area contributed by atoms with Gasteiger partial charge in [-0.3, -0.25) is 4.98 Å². The molecule has 1 aromatic heterocycles. The molecule has 0 amide bonds. The molecule has 0 saturated heterocycles. The summed E-state index contributed by atoms with van der Waals surface area (Å²) >= 11 is 0. The second-order valence-corrected chi connectivity index (χ2v) is 6.52. The van der Waals surface area contributed by atoms with Crippen LogP contribution in [-0.4, -0.2) is 31.3 Å². The van der Waals surface area contributed by atoms with Gasteiger partial charge in [-0.15, -0.1) is 0 Å². The summed E-state index contributed by atoms with van der Waals surface area (Å²) in [4.78, 5) is 3.21. The summed E-state index contributed by atoms with van der Waals surface area (Å²) in [6, 6.07) is 5.91. The van der Waals surface area contributed by atoms with E-state index in [0.717, 1.165) is 22.0 Å². The van der Waals surface area contributed by atoms with Crippen molar-refractivity contribution in [2.75, 3.05) is 13.6 Å². The monoisotopic (exact) mass is 312 g/mol. The second-order valence-electron chi connectivity index (χ2n) is 4.51. The number of pyridine rings is 1. The minimum Gasteiger partial charge on any atom is -0.265 e. The number of nitrogens with zero attached hydrogens (tertiary/aromatic N) is 2. The van der Waals surface area contributed by atoms with E-state index < -0.39 is 26.6 Å². The zero-order chi connectivity index (χ0) is 15.5. The summed E-state index contributed by atoms with van der Waals surface area (Å²) in [7, 11) is -2.73. The Bertz CT molecular complexity index is 721. The van der Waals surface area contributed by atoms with Gasteiger partial charge in [-0.25, -0.2) is 21.5 Å². The molecule has 112 valence electrons. The zero-order valence-corrected chi connectivity index (χ0v) is 12.1. The third-order valence-electron chi connectivity index (χ3n) is 3.05. The molecule has 0 aliphatic heterocycles. The Morgan fingerprint density at radius 3 is 2.48 bits per heavy atom. The molecule has 4 nitrogen and oxygen atoms in total. The molecule has 0 atom stereocenters. The molecule has 0 aliphatic rings. The lowest BCUT2D eigenvalue weighted by Crippen LogP contribution is -2.29. The first-order chi connectivity index (χ1) is 9.91. The highest BCUT2D eigenvalue weighted by Crippen LogP contribution is 2.19. The van der Waals surface area contributed by atoms with Gasteiger partial charge in [0.05, 0.1) is 0 Å². The van der Waals surface area contributed by atoms with Crippen LogP contribution >= 0.6 is 0 Å². The molecule has 2 aromatic rings. The maximum absolute atomic E-state index is 13.6. The Morgan fingerprint density at radius 2 is 1.81 bits per heavy atom. The molecule has 0 bridgehead atoms. The predicted molar refractivity (Wildman–Crippen MR) is 74.1 cm³/mol. The fourth-order valence-corrected chi connectivity index (χ4v) is 3.04. The van der Waals surface area contributed by atoms with Crippen LogP contribution in [0.25, 0.3) is 0 Å². The lowest BCUT2D eigenvalue weighted by atomic mass is 10.2. The van der Waals surface area contributed by atoms with E-state index in [0.29, 0.717) is 12.5 Å². The molecule has 0 spiro atoms. The Labute approximate surface area is 122 Å². The lowest BCUT2D eigenvalue weighted by Gasteiger charge is -2.17. The van der Waals surface area contributed by atoms with E-state index in [9.17, 15) is 17.2 Å². The first kappa shape index (κ1) is 15.5. The van der Waals surface area contributed by atoms with Crippen molar-refractivity contribution < 1.29 is 17.2 Å². The number of sulfonamides is 1. The van der Waals surface area contributed by atoms with Gasteiger partial charge in [0.1, 0.15) is 16.5 Å². The molecule has 0 N–H and O–H groups in total. The largest absolute Gasteiger partial charge is 0.265 e. The zero-order valence-electron chi connectivity index (χ0n) is 11.3. The van der Waals surface area contributed by atoms with Crippen LogP contribution in [0.1, 0.15) is 5.56 Å². The molecule has 0 aliphatic carbocycles. The van der Waals surface area contributed by atoms with E-state index in [1.54, 1.807) is 24.5 Å². The van der Waals surface area contributed by atoms with Gasteiger partial charge < -0.3 is 0 Å². The topological polar surface area (TPSA) is 50.3 Å². The molecule has 21 heavy (non-hydrogen) atoms. The van der Waals surface area contributed by atoms with Crippen molar-refractivity contribution in [2.45, 2.75) is 11.3 Å². The van der Waals surface area contributed by atoms with Crippen molar-refractivity contribution in [1.82, 2.24) is 9.29 Å². The fourth-order valence-electron chi connectivity index (χ4n) is 1.80. The van der Waals surface area contributed by atoms with Gasteiger partial charge in [0.2, 0.25) is 10.0 Å². The Morgan fingerprint density at radius 1 is 1.14 bits per heavy atom. The third-order valence-corrected chi connectivity index (χ3v) is 4.92. The molecule has 2 rings (SSSR count). The quantitative estimate of drug-likeness (QED) is 0.850. The van der Waals surface area contributed by atoms with Crippen LogP contribution in [0.5, 0.6) is 0 Å². The standard InChI is InChI=1S/C14H14F2N2O2S/c1-18(9-6-11-4-7-17-8-5-11)21(19,20)14-10-12(15)2-3-13(14)16/h2-5,7-8,10H,6,9H2,1H3. The smallest absolute Gasteiger partial charge is 0.245 e. The number of hydrogen-bond acceptors (Lipinski definition) is 3. The van der Waals surface area contributed by atoms with Crippen LogP contribution in [0, 0.1) is 11.6 Å². The molecule has 0 saturated carbocycles. The van der Waals surface area contributed by atoms with Crippen molar-refractivity contribution >= 4 is 10.0 Å². The Balaban J connectivity index is 2.17. The Hall–Kier alpha value is -1.86. The van der Waals surface area contributed by atoms with Gasteiger partial charge in [0.25, 0.3) is 0 Å². The minimum absolute atomic E-state index is 0.155. The van der Waals surface area contributed by atoms with Crippen molar-refractivity contribution in [2.24, 2.45) is 0 Å². The molecule has 0 radical (unpaired) electrons. The van der Waals surface area contributed by atoms with Crippen molar-refractivity contribution in [3.8, 4) is 0 Å². The van der Waals surface area contributed by atoms with Crippen LogP contribution < -0.4 is 0 Å². The van der Waals surface area contributed by atoms with Gasteiger partial charge in [-0.1, -0.05) is 0 Å². The van der Waals surface area contributed by atoms with Crippen LogP contribution in [-0.2, 0) is 16.4 Å². The lowest BCUT2D eigenvalue weighted by molar-refractivity contribution is 0.463. The van der Waals surface area contributed by atoms with Gasteiger partial charge in [-0.2, -0.15) is 0 Å². The van der Waals surface area contributed by atoms with Gasteiger partial charge >= 0.3 is 0 Å². The number of benzene rings is 1. The summed E-state index contributed by atoms with van der Waals surface area (Å²) in [6.45, 7) is 0.155. The number of halogens is 2. The molecule has 1 heterocycles. The van der Waals surface area contributed by atoms with Gasteiger partial charge in [0.15, 0.2) is 0 Å². The number of aromatic nitrogens is 1. The maximum atomic E-state index is 13.6. The van der Waals surface area contributed by atoms with Crippen molar-refractivity contribution in [1.29, 1.82) is 0 Å². The van der Waals surface area contributed by atoms with E-state index in [1.807, 2.05) is 0 Å². The van der Waals surface area contributed by atoms with E-state index in [4.69, 9.17) is 0 Å². The number of hydrogen-bond donors (Lipinski definition) is 0. The molecular weight excluding hydrogens is 298 g/mol. The Kier molecular flexibility index (Phi) is 4.64. The van der Waals surface area contributed by atoms with Crippen LogP contribution in [0.2, 0.25) is 0 Å². The maximum Gasteiger partial charge on any atom is 0.245 e. The molecule has 0 unspecified atom stereocenters. The highest BCUT2D eigenvalue weighted by atomic mass is 32.2. The average molecular weight is 312 g/mol. The first-order valence-electron chi connectivity index (χ1n) is 6.21. The minimum atomic E-state index is -4.06. The molecular formula is C14H14F2N2O2S. The van der Waals surface area contributed by atoms with Crippen molar-refractivity contribution in [3.05, 3.63) is 59.9 Å². The number of rotatable bonds is 5. The highest BCUT2D eigenvalue weighted by Gasteiger charge is 2.24. The van der Waals surface area contributed by atoms with Gasteiger partial charge in [-0.05, 0) is 42.3 Å². The average Bonchev–Trinajstić information content (AvgIpc) is 2.48. The van der Waals surface area contributed by atoms with Gasteiger partial charge in [0, 0.05) is 26.0 Å². The van der Waals surface area contributed by atoms with Crippen LogP contribution in [0.3, 0.4) is 0 Å². The second kappa shape index (κ2) is 6.28. The molecule has 7 heteroatoms. The summed E-state index contributed by atoms with van der Waals surface area (Å²) in [5.41, 5.74) is 0.909. The summed E-state index contributed by atoms with van der Waals surface area (Å²) in [6.07, 6.45) is 3.67. The van der Waals surface area contributed by atoms with E-state index in [-0.39, 0.29) is 6.54 Å². The fraction of sp³-hybridized carbons (Fsp3) is 0.214. The van der Waals surface area contributed by atoms with E-state index in [2.05, 4.69) is 4.98 Å².